The van der Waals surface area contributed by atoms with Crippen LogP contribution in [0, 0.1) is 23.8 Å². The number of benzene rings is 3. The molecule has 5 aromatic heterocycles. The van der Waals surface area contributed by atoms with Gasteiger partial charge in [-0.3, -0.25) is 4.98 Å². The van der Waals surface area contributed by atoms with E-state index in [0.29, 0.717) is 63.4 Å². The number of aliphatic hydroxyl groups is 2. The molecule has 1 aliphatic carbocycles. The number of nitriles is 1. The van der Waals surface area contributed by atoms with E-state index in [2.05, 4.69) is 35.8 Å². The van der Waals surface area contributed by atoms with Crippen molar-refractivity contribution in [1.82, 2.24) is 34.1 Å². The third kappa shape index (κ3) is 8.93. The van der Waals surface area contributed by atoms with Crippen molar-refractivity contribution in [2.45, 2.75) is 37.1 Å². The molecule has 15 nitrogen and oxygen atoms in total. The van der Waals surface area contributed by atoms with E-state index in [1.165, 1.54) is 37.4 Å². The highest BCUT2D eigenvalue weighted by Gasteiger charge is 2.41. The summed E-state index contributed by atoms with van der Waals surface area (Å²) in [6, 6.07) is 21.1. The van der Waals surface area contributed by atoms with Crippen LogP contribution in [-0.4, -0.2) is 71.7 Å². The molecule has 9 rings (SSSR count). The van der Waals surface area contributed by atoms with E-state index in [1.807, 2.05) is 6.92 Å². The molecule has 0 amide bonds. The molecule has 2 N–H and O–H groups in total. The van der Waals surface area contributed by atoms with Crippen LogP contribution in [0.5, 0.6) is 23.3 Å². The van der Waals surface area contributed by atoms with E-state index in [0.717, 1.165) is 25.1 Å². The SMILES string of the molecule is COc1nc2ccc(C(O)(c3ccnc(C(F)(F)F)c3)c3cncn3C)cc2c(Cl)c1OCC1CC1.[C-]#[N+]c1ccc(C(O)(c2ccc3nc(OC)c(OCC)c(C#N)c3c2)c2cncn2C)cc1. The number of pyridine rings is 3. The van der Waals surface area contributed by atoms with Crippen LogP contribution in [0.2, 0.25) is 5.02 Å². The molecule has 1 fully saturated rings. The normalized spacial score (nSPS) is 14.2. The second kappa shape index (κ2) is 19.1. The van der Waals surface area contributed by atoms with Crippen LogP contribution in [0.25, 0.3) is 26.7 Å². The number of aromatic nitrogens is 7. The summed E-state index contributed by atoms with van der Waals surface area (Å²) in [4.78, 5) is 24.1. The monoisotopic (exact) mass is 957 g/mol. The molecule has 0 aliphatic heterocycles. The molecule has 8 aromatic rings. The van der Waals surface area contributed by atoms with Gasteiger partial charge in [-0.15, -0.1) is 0 Å². The third-order valence-electron chi connectivity index (χ3n) is 11.8. The topological polar surface area (TPSA) is 180 Å². The quantitative estimate of drug-likeness (QED) is 0.105. The van der Waals surface area contributed by atoms with Crippen LogP contribution < -0.4 is 18.9 Å². The van der Waals surface area contributed by atoms with Gasteiger partial charge in [0.15, 0.2) is 22.6 Å². The van der Waals surface area contributed by atoms with Crippen molar-refractivity contribution in [3.05, 3.63) is 165 Å². The first kappa shape index (κ1) is 47.7. The standard InChI is InChI=1S/C25H22ClF3N4O3.C25H21N5O3/c1-33-13-30-11-20(33)24(34,16-7-8-31-19(10-16)25(27,28)29)15-5-6-18-17(9-15)21(26)22(23(32-18)35-2)36-12-14-3-4-14;1-5-33-23-20(13-26)19-12-17(8-11-21(19)29-24(23)32-4)25(31,22-14-28-15-30(22)3)16-6-9-18(27-2)10-7-16/h5-11,13-14,34H,3-4,12H2,1-2H3;6-12,14-15,31H,5H2,1,3-4H3. The summed E-state index contributed by atoms with van der Waals surface area (Å²) in [5.41, 5.74) is -0.903. The van der Waals surface area contributed by atoms with Crippen molar-refractivity contribution in [3.8, 4) is 29.3 Å². The van der Waals surface area contributed by atoms with Gasteiger partial charge in [-0.05, 0) is 84.3 Å². The molecular weight excluding hydrogens is 915 g/mol. The second-order valence-corrected chi connectivity index (χ2v) is 16.5. The number of halogens is 4. The van der Waals surface area contributed by atoms with Gasteiger partial charge in [-0.25, -0.2) is 24.8 Å². The number of imidazole rings is 2. The van der Waals surface area contributed by atoms with E-state index >= 15 is 0 Å². The summed E-state index contributed by atoms with van der Waals surface area (Å²) in [7, 11) is 6.37. The predicted molar refractivity (Wildman–Crippen MR) is 248 cm³/mol. The Balaban J connectivity index is 0.000000187. The fourth-order valence-electron chi connectivity index (χ4n) is 8.06. The van der Waals surface area contributed by atoms with Crippen LogP contribution in [0.15, 0.2) is 104 Å². The zero-order valence-corrected chi connectivity index (χ0v) is 38.5. The smallest absolute Gasteiger partial charge is 0.433 e. The summed E-state index contributed by atoms with van der Waals surface area (Å²) in [6.07, 6.45) is 4.54. The summed E-state index contributed by atoms with van der Waals surface area (Å²) in [6.45, 7) is 9.84. The van der Waals surface area contributed by atoms with Gasteiger partial charge in [-0.2, -0.15) is 18.4 Å². The molecule has 2 atom stereocenters. The lowest BCUT2D eigenvalue weighted by atomic mass is 9.82. The van der Waals surface area contributed by atoms with Gasteiger partial charge >= 0.3 is 6.18 Å². The van der Waals surface area contributed by atoms with Gasteiger partial charge in [0, 0.05) is 31.1 Å². The number of fused-ring (bicyclic) bond motifs is 2. The summed E-state index contributed by atoms with van der Waals surface area (Å²) < 4.78 is 66.0. The average Bonchev–Trinajstić information content (AvgIpc) is 3.92. The molecule has 3 aromatic carbocycles. The van der Waals surface area contributed by atoms with Crippen molar-refractivity contribution in [3.63, 3.8) is 0 Å². The first-order chi connectivity index (χ1) is 33.1. The molecule has 0 saturated heterocycles. The van der Waals surface area contributed by atoms with Crippen molar-refractivity contribution in [2.24, 2.45) is 20.0 Å². The van der Waals surface area contributed by atoms with Gasteiger partial charge in [0.2, 0.25) is 5.75 Å². The maximum Gasteiger partial charge on any atom is 0.433 e. The van der Waals surface area contributed by atoms with Crippen molar-refractivity contribution in [1.29, 1.82) is 5.26 Å². The zero-order valence-electron chi connectivity index (χ0n) is 37.8. The number of hydrogen-bond acceptors (Lipinski definition) is 12. The van der Waals surface area contributed by atoms with Gasteiger partial charge in [0.25, 0.3) is 11.8 Å². The summed E-state index contributed by atoms with van der Waals surface area (Å²) >= 11 is 6.74. The third-order valence-corrected chi connectivity index (χ3v) is 12.2. The first-order valence-electron chi connectivity index (χ1n) is 21.4. The summed E-state index contributed by atoms with van der Waals surface area (Å²) in [5.74, 6) is 1.45. The van der Waals surface area contributed by atoms with E-state index in [9.17, 15) is 28.6 Å². The van der Waals surface area contributed by atoms with E-state index in [1.54, 1.807) is 91.9 Å². The fourth-order valence-corrected chi connectivity index (χ4v) is 8.35. The largest absolute Gasteiger partial charge is 0.487 e. The first-order valence-corrected chi connectivity index (χ1v) is 21.7. The molecule has 1 saturated carbocycles. The van der Waals surface area contributed by atoms with Gasteiger partial charge in [0.05, 0.1) is 86.5 Å². The fraction of sp³-hybridized carbons (Fsp3) is 0.260. The highest BCUT2D eigenvalue weighted by molar-refractivity contribution is 6.37. The highest BCUT2D eigenvalue weighted by Crippen LogP contribution is 2.45. The molecule has 5 heterocycles. The van der Waals surface area contributed by atoms with Gasteiger partial charge < -0.3 is 38.3 Å². The number of hydrogen-bond donors (Lipinski definition) is 2. The van der Waals surface area contributed by atoms with E-state index in [-0.39, 0.29) is 50.7 Å². The minimum absolute atomic E-state index is 0.0319. The molecule has 19 heteroatoms. The molecule has 0 radical (unpaired) electrons. The minimum atomic E-state index is -4.69. The number of rotatable bonds is 13. The molecule has 69 heavy (non-hydrogen) atoms. The second-order valence-electron chi connectivity index (χ2n) is 16.1. The Labute approximate surface area is 398 Å². The van der Waals surface area contributed by atoms with Crippen molar-refractivity contribution >= 4 is 39.1 Å². The lowest BCUT2D eigenvalue weighted by Gasteiger charge is -2.30. The van der Waals surface area contributed by atoms with Crippen molar-refractivity contribution < 1.29 is 42.3 Å². The number of ether oxygens (including phenoxy) is 4. The van der Waals surface area contributed by atoms with E-state index in [4.69, 9.17) is 37.1 Å². The Kier molecular flexibility index (Phi) is 13.2. The predicted octanol–water partition coefficient (Wildman–Crippen LogP) is 9.20. The number of alkyl halides is 3. The van der Waals surface area contributed by atoms with Crippen LogP contribution >= 0.6 is 11.6 Å². The molecule has 0 spiro atoms. The van der Waals surface area contributed by atoms with Crippen LogP contribution in [-0.2, 0) is 31.5 Å². The van der Waals surface area contributed by atoms with Crippen LogP contribution in [0.3, 0.4) is 0 Å². The Hall–Kier alpha value is -7.77. The number of methoxy groups -OCH3 is 2. The Morgan fingerprint density at radius 3 is 1.83 bits per heavy atom. The van der Waals surface area contributed by atoms with E-state index < -0.39 is 23.1 Å². The lowest BCUT2D eigenvalue weighted by Crippen LogP contribution is -2.31. The van der Waals surface area contributed by atoms with Gasteiger partial charge in [0.1, 0.15) is 17.3 Å². The Morgan fingerprint density at radius 1 is 0.783 bits per heavy atom. The summed E-state index contributed by atoms with van der Waals surface area (Å²) in [5, 5.41) is 35.4. The van der Waals surface area contributed by atoms with Gasteiger partial charge in [-0.1, -0.05) is 48.0 Å². The van der Waals surface area contributed by atoms with Crippen LogP contribution in [0.1, 0.15) is 64.7 Å². The molecule has 1 aliphatic rings. The lowest BCUT2D eigenvalue weighted by molar-refractivity contribution is -0.141. The van der Waals surface area contributed by atoms with Crippen LogP contribution in [0.4, 0.5) is 18.9 Å². The Morgan fingerprint density at radius 2 is 1.32 bits per heavy atom. The maximum absolute atomic E-state index is 13.5. The zero-order chi connectivity index (χ0) is 49.3. The number of aryl methyl sites for hydroxylation is 2. The molecule has 2 unspecified atom stereocenters. The Bertz CT molecular complexity index is 3290. The molecule has 0 bridgehead atoms. The molecule has 352 valence electrons. The number of nitrogens with zero attached hydrogens (tertiary/aromatic N) is 9. The average molecular weight is 958 g/mol. The highest BCUT2D eigenvalue weighted by atomic mass is 35.5. The maximum atomic E-state index is 13.5. The van der Waals surface area contributed by atoms with Crippen molar-refractivity contribution in [2.75, 3.05) is 27.4 Å². The minimum Gasteiger partial charge on any atom is -0.487 e. The molecular formula is C50H43ClF3N9O6.